The lowest BCUT2D eigenvalue weighted by Crippen LogP contribution is -2.21. The number of nitrogens with zero attached hydrogens (tertiary/aromatic N) is 3. The van der Waals surface area contributed by atoms with E-state index in [1.54, 1.807) is 36.6 Å². The maximum atomic E-state index is 6.11. The van der Waals surface area contributed by atoms with Gasteiger partial charge in [0.1, 0.15) is 15.7 Å². The van der Waals surface area contributed by atoms with Gasteiger partial charge in [0, 0.05) is 17.0 Å². The maximum absolute atomic E-state index is 6.11. The second kappa shape index (κ2) is 7.98. The van der Waals surface area contributed by atoms with E-state index >= 15 is 0 Å². The second-order valence-corrected chi connectivity index (χ2v) is 9.06. The molecule has 0 fully saturated rings. The second-order valence-electron chi connectivity index (χ2n) is 7.28. The number of halogens is 1. The van der Waals surface area contributed by atoms with Crippen molar-refractivity contribution in [3.63, 3.8) is 0 Å². The summed E-state index contributed by atoms with van der Waals surface area (Å²) in [5.41, 5.74) is 0.679. The first kappa shape index (κ1) is 20.1. The van der Waals surface area contributed by atoms with Gasteiger partial charge in [0.15, 0.2) is 0 Å². The van der Waals surface area contributed by atoms with Gasteiger partial charge in [0.25, 0.3) is 0 Å². The number of methoxy groups -OCH3 is 1. The summed E-state index contributed by atoms with van der Waals surface area (Å²) in [6.07, 6.45) is 0. The van der Waals surface area contributed by atoms with Gasteiger partial charge in [-0.3, -0.25) is 0 Å². The highest BCUT2D eigenvalue weighted by Gasteiger charge is 2.20. The summed E-state index contributed by atoms with van der Waals surface area (Å²) in [5.74, 6) is 1.12. The van der Waals surface area contributed by atoms with Crippen LogP contribution in [0.15, 0.2) is 23.2 Å². The minimum atomic E-state index is -0.0352. The summed E-state index contributed by atoms with van der Waals surface area (Å²) < 4.78 is 7.33. The fraction of sp³-hybridized carbons (Fsp3) is 0.500. The minimum Gasteiger partial charge on any atom is -0.496 e. The number of hydrogen-bond donors (Lipinski definition) is 0. The Hall–Kier alpha value is -1.24. The molecule has 1 heterocycles. The maximum Gasteiger partial charge on any atom is 0.209 e. The van der Waals surface area contributed by atoms with Crippen LogP contribution in [0, 0.1) is 5.92 Å². The van der Waals surface area contributed by atoms with Gasteiger partial charge in [-0.05, 0) is 24.1 Å². The Morgan fingerprint density at radius 2 is 2.08 bits per heavy atom. The number of ether oxygens (including phenoxy) is 1. The highest BCUT2D eigenvalue weighted by molar-refractivity contribution is 7.80. The Bertz CT molecular complexity index is 832. The molecule has 1 aromatic carbocycles. The first-order valence-corrected chi connectivity index (χ1v) is 9.73. The SMILES string of the molecule is COc1ccc(Cl)cc1C(=S)N=c1sc(C(C)(C)C)nn1CC(C)C. The Morgan fingerprint density at radius 3 is 2.64 bits per heavy atom. The molecule has 0 amide bonds. The number of benzene rings is 1. The average Bonchev–Trinajstić information content (AvgIpc) is 2.89. The van der Waals surface area contributed by atoms with E-state index in [-0.39, 0.29) is 5.41 Å². The molecule has 0 aliphatic carbocycles. The molecule has 0 bridgehead atoms. The first-order valence-electron chi connectivity index (χ1n) is 8.13. The summed E-state index contributed by atoms with van der Waals surface area (Å²) >= 11 is 13.2. The third-order valence-electron chi connectivity index (χ3n) is 3.39. The molecule has 0 N–H and O–H groups in total. The molecule has 0 spiro atoms. The number of aromatic nitrogens is 2. The lowest BCUT2D eigenvalue weighted by Gasteiger charge is -2.13. The van der Waals surface area contributed by atoms with Gasteiger partial charge in [-0.25, -0.2) is 9.67 Å². The van der Waals surface area contributed by atoms with Crippen molar-refractivity contribution >= 4 is 40.1 Å². The molecule has 25 heavy (non-hydrogen) atoms. The standard InChI is InChI=1S/C18H24ClN3OS2/c1-11(2)10-22-17(25-16(21-22)18(3,4)5)20-15(24)13-9-12(19)7-8-14(13)23-6/h7-9,11H,10H2,1-6H3. The van der Waals surface area contributed by atoms with Crippen LogP contribution in [0.3, 0.4) is 0 Å². The first-order chi connectivity index (χ1) is 11.6. The van der Waals surface area contributed by atoms with Crippen molar-refractivity contribution in [2.75, 3.05) is 7.11 Å². The summed E-state index contributed by atoms with van der Waals surface area (Å²) in [5, 5.41) is 6.39. The third kappa shape index (κ3) is 5.12. The third-order valence-corrected chi connectivity index (χ3v) is 5.31. The molecule has 0 radical (unpaired) electrons. The van der Waals surface area contributed by atoms with Crippen molar-refractivity contribution in [2.24, 2.45) is 10.9 Å². The van der Waals surface area contributed by atoms with Crippen LogP contribution in [0.5, 0.6) is 5.75 Å². The van der Waals surface area contributed by atoms with Gasteiger partial charge >= 0.3 is 0 Å². The summed E-state index contributed by atoms with van der Waals surface area (Å²) in [6.45, 7) is 11.5. The van der Waals surface area contributed by atoms with Crippen molar-refractivity contribution in [2.45, 2.75) is 46.6 Å². The Balaban J connectivity index is 2.54. The predicted octanol–water partition coefficient (Wildman–Crippen LogP) is 4.84. The van der Waals surface area contributed by atoms with Gasteiger partial charge in [0.2, 0.25) is 4.80 Å². The molecule has 2 aromatic rings. The van der Waals surface area contributed by atoms with E-state index in [1.807, 2.05) is 4.68 Å². The zero-order valence-corrected chi connectivity index (χ0v) is 17.8. The number of thiocarbonyl (C=S) groups is 1. The Kier molecular flexibility index (Phi) is 6.40. The van der Waals surface area contributed by atoms with Crippen molar-refractivity contribution in [1.82, 2.24) is 9.78 Å². The molecule has 136 valence electrons. The molecule has 0 saturated heterocycles. The molecular weight excluding hydrogens is 374 g/mol. The van der Waals surface area contributed by atoms with Crippen molar-refractivity contribution in [3.8, 4) is 5.75 Å². The molecule has 7 heteroatoms. The summed E-state index contributed by atoms with van der Waals surface area (Å²) in [7, 11) is 1.61. The van der Waals surface area contributed by atoms with E-state index in [9.17, 15) is 0 Å². The molecule has 1 aromatic heterocycles. The van der Waals surface area contributed by atoms with Gasteiger partial charge in [-0.2, -0.15) is 5.10 Å². The molecular formula is C18H24ClN3OS2. The zero-order chi connectivity index (χ0) is 18.8. The number of hydrogen-bond acceptors (Lipinski definition) is 4. The van der Waals surface area contributed by atoms with Crippen LogP contribution in [0.4, 0.5) is 0 Å². The fourth-order valence-electron chi connectivity index (χ4n) is 2.15. The normalized spacial score (nSPS) is 12.7. The highest BCUT2D eigenvalue weighted by atomic mass is 35.5. The van der Waals surface area contributed by atoms with Gasteiger partial charge in [0.05, 0.1) is 12.7 Å². The largest absolute Gasteiger partial charge is 0.496 e. The molecule has 0 aliphatic heterocycles. The van der Waals surface area contributed by atoms with E-state index in [4.69, 9.17) is 33.7 Å². The summed E-state index contributed by atoms with van der Waals surface area (Å²) in [6, 6.07) is 5.36. The lowest BCUT2D eigenvalue weighted by atomic mass is 9.98. The zero-order valence-electron chi connectivity index (χ0n) is 15.5. The van der Waals surface area contributed by atoms with Crippen LogP contribution >= 0.6 is 35.2 Å². The van der Waals surface area contributed by atoms with Crippen LogP contribution < -0.4 is 9.54 Å². The van der Waals surface area contributed by atoms with Crippen molar-refractivity contribution in [3.05, 3.63) is 38.6 Å². The van der Waals surface area contributed by atoms with E-state index in [0.717, 1.165) is 16.4 Å². The molecule has 4 nitrogen and oxygen atoms in total. The van der Waals surface area contributed by atoms with Crippen molar-refractivity contribution in [1.29, 1.82) is 0 Å². The monoisotopic (exact) mass is 397 g/mol. The van der Waals surface area contributed by atoms with Gasteiger partial charge < -0.3 is 4.74 Å². The molecule has 0 unspecified atom stereocenters. The minimum absolute atomic E-state index is 0.0352. The lowest BCUT2D eigenvalue weighted by molar-refractivity contribution is 0.414. The van der Waals surface area contributed by atoms with Crippen LogP contribution in [0.2, 0.25) is 5.02 Å². The molecule has 0 atom stereocenters. The van der Waals surface area contributed by atoms with E-state index in [0.29, 0.717) is 27.2 Å². The average molecular weight is 398 g/mol. The van der Waals surface area contributed by atoms with Crippen molar-refractivity contribution < 1.29 is 4.74 Å². The predicted molar refractivity (Wildman–Crippen MR) is 109 cm³/mol. The van der Waals surface area contributed by atoms with E-state index < -0.39 is 0 Å². The topological polar surface area (TPSA) is 39.4 Å². The quantitative estimate of drug-likeness (QED) is 0.693. The van der Waals surface area contributed by atoms with Crippen LogP contribution in [0.1, 0.15) is 45.2 Å². The Labute approximate surface area is 163 Å². The number of rotatable bonds is 4. The van der Waals surface area contributed by atoms with E-state index in [2.05, 4.69) is 39.6 Å². The molecule has 0 saturated carbocycles. The highest BCUT2D eigenvalue weighted by Crippen LogP contribution is 2.25. The fourth-order valence-corrected chi connectivity index (χ4v) is 3.61. The van der Waals surface area contributed by atoms with Crippen LogP contribution in [-0.4, -0.2) is 21.9 Å². The van der Waals surface area contributed by atoms with Gasteiger partial charge in [-0.1, -0.05) is 69.8 Å². The van der Waals surface area contributed by atoms with Gasteiger partial charge in [-0.15, -0.1) is 0 Å². The van der Waals surface area contributed by atoms with Crippen LogP contribution in [-0.2, 0) is 12.0 Å². The van der Waals surface area contributed by atoms with Crippen LogP contribution in [0.25, 0.3) is 0 Å². The summed E-state index contributed by atoms with van der Waals surface area (Å²) in [4.78, 5) is 5.92. The van der Waals surface area contributed by atoms with E-state index in [1.165, 1.54) is 0 Å². The molecule has 0 aliphatic rings. The molecule has 2 rings (SSSR count). The smallest absolute Gasteiger partial charge is 0.209 e. The Morgan fingerprint density at radius 1 is 1.40 bits per heavy atom.